The molecule has 3 nitrogen and oxygen atoms in total. The van der Waals surface area contributed by atoms with Crippen LogP contribution in [0, 0.1) is 11.8 Å². The highest BCUT2D eigenvalue weighted by Crippen LogP contribution is 2.38. The van der Waals surface area contributed by atoms with Gasteiger partial charge in [-0.2, -0.15) is 0 Å². The van der Waals surface area contributed by atoms with Crippen LogP contribution in [-0.2, 0) is 12.0 Å². The van der Waals surface area contributed by atoms with Gasteiger partial charge in [0.15, 0.2) is 0 Å². The van der Waals surface area contributed by atoms with Crippen LogP contribution in [0.4, 0.5) is 5.82 Å². The number of nitrogens with two attached hydrogens (primary N) is 1. The third kappa shape index (κ3) is 3.47. The second-order valence-corrected chi connectivity index (χ2v) is 7.03. The van der Waals surface area contributed by atoms with Crippen molar-refractivity contribution in [2.24, 2.45) is 17.6 Å². The van der Waals surface area contributed by atoms with Gasteiger partial charge in [-0.3, -0.25) is 0 Å². The summed E-state index contributed by atoms with van der Waals surface area (Å²) < 4.78 is 0. The molecule has 0 radical (unpaired) electrons. The molecule has 3 heteroatoms. The van der Waals surface area contributed by atoms with Gasteiger partial charge in [-0.1, -0.05) is 27.7 Å². The van der Waals surface area contributed by atoms with Crippen molar-refractivity contribution in [3.63, 3.8) is 0 Å². The third-order valence-electron chi connectivity index (χ3n) is 4.05. The lowest BCUT2D eigenvalue weighted by atomic mass is 9.90. The van der Waals surface area contributed by atoms with E-state index < -0.39 is 0 Å². The van der Waals surface area contributed by atoms with Crippen molar-refractivity contribution >= 4 is 5.82 Å². The van der Waals surface area contributed by atoms with E-state index in [4.69, 9.17) is 10.7 Å². The molecular weight excluding hydrogens is 234 g/mol. The molecule has 1 aliphatic carbocycles. The van der Waals surface area contributed by atoms with Crippen molar-refractivity contribution in [2.45, 2.75) is 46.1 Å². The van der Waals surface area contributed by atoms with E-state index in [2.05, 4.69) is 51.8 Å². The lowest BCUT2D eigenvalue weighted by Gasteiger charge is -2.24. The van der Waals surface area contributed by atoms with Gasteiger partial charge < -0.3 is 10.6 Å². The van der Waals surface area contributed by atoms with E-state index in [9.17, 15) is 0 Å². The predicted octanol–water partition coefficient (Wildman–Crippen LogP) is 2.93. The van der Waals surface area contributed by atoms with Crippen LogP contribution < -0.4 is 10.6 Å². The summed E-state index contributed by atoms with van der Waals surface area (Å²) in [7, 11) is 2.14. The molecule has 0 saturated heterocycles. The average Bonchev–Trinajstić information content (AvgIpc) is 3.03. The zero-order valence-electron chi connectivity index (χ0n) is 12.9. The van der Waals surface area contributed by atoms with Gasteiger partial charge in [0.2, 0.25) is 0 Å². The van der Waals surface area contributed by atoms with Gasteiger partial charge >= 0.3 is 0 Å². The van der Waals surface area contributed by atoms with E-state index >= 15 is 0 Å². The molecule has 0 amide bonds. The maximum Gasteiger partial charge on any atom is 0.128 e. The highest BCUT2D eigenvalue weighted by atomic mass is 15.2. The summed E-state index contributed by atoms with van der Waals surface area (Å²) in [6.45, 7) is 10.6. The van der Waals surface area contributed by atoms with E-state index in [1.54, 1.807) is 0 Å². The monoisotopic (exact) mass is 261 g/mol. The Balaban J connectivity index is 2.23. The topological polar surface area (TPSA) is 42.1 Å². The Morgan fingerprint density at radius 1 is 1.37 bits per heavy atom. The molecule has 2 unspecified atom stereocenters. The zero-order valence-corrected chi connectivity index (χ0v) is 12.9. The average molecular weight is 261 g/mol. The molecule has 2 rings (SSSR count). The standard InChI is InChI=1S/C16H27N3/c1-11-6-13(11)10-19(5)15-8-12(9-17)7-14(18-15)16(2,3)4/h7-8,11,13H,6,9-10,17H2,1-5H3. The second-order valence-electron chi connectivity index (χ2n) is 7.03. The maximum absolute atomic E-state index is 5.82. The minimum atomic E-state index is 0.0631. The summed E-state index contributed by atoms with van der Waals surface area (Å²) in [5.74, 6) is 2.78. The number of nitrogens with zero attached hydrogens (tertiary/aromatic N) is 2. The van der Waals surface area contributed by atoms with Gasteiger partial charge in [-0.25, -0.2) is 4.98 Å². The van der Waals surface area contributed by atoms with Gasteiger partial charge in [-0.05, 0) is 36.0 Å². The fourth-order valence-electron chi connectivity index (χ4n) is 2.37. The first-order valence-electron chi connectivity index (χ1n) is 7.24. The van der Waals surface area contributed by atoms with E-state index in [-0.39, 0.29) is 5.41 Å². The molecule has 1 fully saturated rings. The molecule has 1 aliphatic rings. The van der Waals surface area contributed by atoms with Crippen LogP contribution in [0.15, 0.2) is 12.1 Å². The van der Waals surface area contributed by atoms with Gasteiger partial charge in [0, 0.05) is 31.2 Å². The summed E-state index contributed by atoms with van der Waals surface area (Å²) in [6, 6.07) is 4.26. The molecule has 0 spiro atoms. The number of aromatic nitrogens is 1. The van der Waals surface area contributed by atoms with Crippen molar-refractivity contribution in [3.05, 3.63) is 23.4 Å². The molecule has 2 N–H and O–H groups in total. The summed E-state index contributed by atoms with van der Waals surface area (Å²) in [6.07, 6.45) is 1.35. The summed E-state index contributed by atoms with van der Waals surface area (Å²) in [5, 5.41) is 0. The Morgan fingerprint density at radius 2 is 2.00 bits per heavy atom. The number of pyridine rings is 1. The van der Waals surface area contributed by atoms with Gasteiger partial charge in [0.25, 0.3) is 0 Å². The quantitative estimate of drug-likeness (QED) is 0.906. The Morgan fingerprint density at radius 3 is 2.47 bits per heavy atom. The van der Waals surface area contributed by atoms with Crippen LogP contribution >= 0.6 is 0 Å². The van der Waals surface area contributed by atoms with Crippen LogP contribution in [-0.4, -0.2) is 18.6 Å². The first-order valence-corrected chi connectivity index (χ1v) is 7.24. The highest BCUT2D eigenvalue weighted by molar-refractivity contribution is 5.43. The largest absolute Gasteiger partial charge is 0.359 e. The lowest BCUT2D eigenvalue weighted by Crippen LogP contribution is -2.24. The molecule has 1 aromatic rings. The van der Waals surface area contributed by atoms with E-state index in [1.807, 2.05) is 0 Å². The Bertz CT molecular complexity index is 448. The SMILES string of the molecule is CC1CC1CN(C)c1cc(CN)cc(C(C)(C)C)n1. The fraction of sp³-hybridized carbons (Fsp3) is 0.688. The van der Waals surface area contributed by atoms with E-state index in [1.165, 1.54) is 12.0 Å². The first kappa shape index (κ1) is 14.3. The van der Waals surface area contributed by atoms with Gasteiger partial charge in [0.1, 0.15) is 5.82 Å². The summed E-state index contributed by atoms with van der Waals surface area (Å²) in [4.78, 5) is 7.11. The third-order valence-corrected chi connectivity index (χ3v) is 4.05. The van der Waals surface area contributed by atoms with Crippen LogP contribution in [0.2, 0.25) is 0 Å². The Kier molecular flexibility index (Phi) is 3.86. The van der Waals surface area contributed by atoms with Crippen molar-refractivity contribution in [1.29, 1.82) is 0 Å². The number of hydrogen-bond donors (Lipinski definition) is 1. The normalized spacial score (nSPS) is 22.4. The molecule has 0 bridgehead atoms. The van der Waals surface area contributed by atoms with E-state index in [0.29, 0.717) is 6.54 Å². The predicted molar refractivity (Wildman–Crippen MR) is 81.4 cm³/mol. The number of anilines is 1. The van der Waals surface area contributed by atoms with Crippen LogP contribution in [0.25, 0.3) is 0 Å². The van der Waals surface area contributed by atoms with Gasteiger partial charge in [-0.15, -0.1) is 0 Å². The molecule has 19 heavy (non-hydrogen) atoms. The summed E-state index contributed by atoms with van der Waals surface area (Å²) in [5.41, 5.74) is 8.18. The maximum atomic E-state index is 5.82. The highest BCUT2D eigenvalue weighted by Gasteiger charge is 2.33. The van der Waals surface area contributed by atoms with Gasteiger partial charge in [0.05, 0.1) is 0 Å². The molecule has 0 aliphatic heterocycles. The lowest BCUT2D eigenvalue weighted by molar-refractivity contribution is 0.566. The number of rotatable bonds is 4. The minimum absolute atomic E-state index is 0.0631. The van der Waals surface area contributed by atoms with Crippen molar-refractivity contribution in [1.82, 2.24) is 4.98 Å². The van der Waals surface area contributed by atoms with Crippen LogP contribution in [0.3, 0.4) is 0 Å². The Labute approximate surface area is 117 Å². The molecule has 1 heterocycles. The van der Waals surface area contributed by atoms with Crippen LogP contribution in [0.5, 0.6) is 0 Å². The molecule has 0 aromatic carbocycles. The Hall–Kier alpha value is -1.09. The van der Waals surface area contributed by atoms with Crippen molar-refractivity contribution in [2.75, 3.05) is 18.5 Å². The zero-order chi connectivity index (χ0) is 14.2. The molecule has 2 atom stereocenters. The van der Waals surface area contributed by atoms with Crippen molar-refractivity contribution < 1.29 is 0 Å². The number of hydrogen-bond acceptors (Lipinski definition) is 3. The summed E-state index contributed by atoms with van der Waals surface area (Å²) >= 11 is 0. The molecule has 106 valence electrons. The minimum Gasteiger partial charge on any atom is -0.359 e. The van der Waals surface area contributed by atoms with Crippen LogP contribution in [0.1, 0.15) is 45.4 Å². The molecule has 1 aromatic heterocycles. The molecular formula is C16H27N3. The molecule has 1 saturated carbocycles. The first-order chi connectivity index (χ1) is 8.81. The van der Waals surface area contributed by atoms with E-state index in [0.717, 1.165) is 29.9 Å². The fourth-order valence-corrected chi connectivity index (χ4v) is 2.37. The smallest absolute Gasteiger partial charge is 0.128 e. The van der Waals surface area contributed by atoms with Crippen molar-refractivity contribution in [3.8, 4) is 0 Å². The second kappa shape index (κ2) is 5.12.